The van der Waals surface area contributed by atoms with Crippen LogP contribution in [0.3, 0.4) is 0 Å². The Morgan fingerprint density at radius 3 is 2.38 bits per heavy atom. The van der Waals surface area contributed by atoms with Gasteiger partial charge in [0.25, 0.3) is 0 Å². The van der Waals surface area contributed by atoms with Crippen molar-refractivity contribution >= 4 is 11.6 Å². The van der Waals surface area contributed by atoms with Crippen LogP contribution < -0.4 is 0 Å². The van der Waals surface area contributed by atoms with Gasteiger partial charge in [0.2, 0.25) is 0 Å². The van der Waals surface area contributed by atoms with Gasteiger partial charge < -0.3 is 0 Å². The lowest BCUT2D eigenvalue weighted by atomic mass is 9.59. The van der Waals surface area contributed by atoms with Crippen molar-refractivity contribution in [2.45, 2.75) is 33.1 Å². The molecule has 1 fully saturated rings. The van der Waals surface area contributed by atoms with E-state index in [0.29, 0.717) is 19.3 Å². The topological polar surface area (TPSA) is 34.1 Å². The standard InChI is InChI=1S/C14H18O2/c1-4-10-6-5-7-14(10)11(15)8-13(2,3)9-12(14)16/h4-6,10H,1,7-9H2,2-3H3. The first-order valence-electron chi connectivity index (χ1n) is 5.78. The zero-order chi connectivity index (χ0) is 12.0. The Bertz CT molecular complexity index is 368. The lowest BCUT2D eigenvalue weighted by Gasteiger charge is -2.41. The van der Waals surface area contributed by atoms with E-state index in [-0.39, 0.29) is 22.9 Å². The van der Waals surface area contributed by atoms with E-state index >= 15 is 0 Å². The van der Waals surface area contributed by atoms with Gasteiger partial charge in [0.05, 0.1) is 0 Å². The van der Waals surface area contributed by atoms with Crippen LogP contribution in [0, 0.1) is 16.7 Å². The van der Waals surface area contributed by atoms with Crippen molar-refractivity contribution in [1.82, 2.24) is 0 Å². The van der Waals surface area contributed by atoms with Gasteiger partial charge in [0, 0.05) is 18.8 Å². The summed E-state index contributed by atoms with van der Waals surface area (Å²) in [5.74, 6) is 0.107. The monoisotopic (exact) mass is 218 g/mol. The number of carbonyl (C=O) groups excluding carboxylic acids is 2. The van der Waals surface area contributed by atoms with Crippen molar-refractivity contribution in [3.8, 4) is 0 Å². The Morgan fingerprint density at radius 1 is 1.31 bits per heavy atom. The molecule has 86 valence electrons. The van der Waals surface area contributed by atoms with Crippen molar-refractivity contribution in [1.29, 1.82) is 0 Å². The predicted octanol–water partition coefficient (Wildman–Crippen LogP) is 2.69. The van der Waals surface area contributed by atoms with Gasteiger partial charge in [-0.2, -0.15) is 0 Å². The smallest absolute Gasteiger partial charge is 0.148 e. The molecule has 1 atom stereocenters. The van der Waals surface area contributed by atoms with E-state index in [2.05, 4.69) is 6.58 Å². The average Bonchev–Trinajstić information content (AvgIpc) is 2.57. The number of Topliss-reactive ketones (excluding diaryl/α,β-unsaturated/α-hetero) is 2. The van der Waals surface area contributed by atoms with Gasteiger partial charge in [-0.05, 0) is 11.8 Å². The molecule has 0 radical (unpaired) electrons. The van der Waals surface area contributed by atoms with Crippen molar-refractivity contribution < 1.29 is 9.59 Å². The molecule has 2 nitrogen and oxygen atoms in total. The maximum absolute atomic E-state index is 12.3. The summed E-state index contributed by atoms with van der Waals surface area (Å²) in [7, 11) is 0. The molecule has 0 aliphatic heterocycles. The van der Waals surface area contributed by atoms with Crippen molar-refractivity contribution in [3.63, 3.8) is 0 Å². The van der Waals surface area contributed by atoms with Gasteiger partial charge in [-0.25, -0.2) is 0 Å². The van der Waals surface area contributed by atoms with Gasteiger partial charge >= 0.3 is 0 Å². The third-order valence-electron chi connectivity index (χ3n) is 3.88. The highest BCUT2D eigenvalue weighted by molar-refractivity contribution is 6.11. The molecular formula is C14H18O2. The third kappa shape index (κ3) is 1.40. The van der Waals surface area contributed by atoms with Crippen molar-refractivity contribution in [2.75, 3.05) is 0 Å². The molecule has 0 aromatic carbocycles. The first-order chi connectivity index (χ1) is 7.42. The number of rotatable bonds is 1. The SMILES string of the molecule is C=CC1C=CCC12C(=O)CC(C)(C)CC2=O. The van der Waals surface area contributed by atoms with Gasteiger partial charge in [0.15, 0.2) is 0 Å². The van der Waals surface area contributed by atoms with Crippen LogP contribution in [0.4, 0.5) is 0 Å². The molecule has 0 aromatic heterocycles. The molecule has 16 heavy (non-hydrogen) atoms. The second kappa shape index (κ2) is 3.41. The molecule has 0 saturated heterocycles. The summed E-state index contributed by atoms with van der Waals surface area (Å²) in [5, 5.41) is 0. The Labute approximate surface area is 96.4 Å². The van der Waals surface area contributed by atoms with E-state index in [9.17, 15) is 9.59 Å². The number of ketones is 2. The number of carbonyl (C=O) groups is 2. The largest absolute Gasteiger partial charge is 0.299 e. The first kappa shape index (κ1) is 11.3. The molecule has 0 heterocycles. The summed E-state index contributed by atoms with van der Waals surface area (Å²) < 4.78 is 0. The van der Waals surface area contributed by atoms with Crippen LogP contribution in [0.1, 0.15) is 33.1 Å². The lowest BCUT2D eigenvalue weighted by molar-refractivity contribution is -0.149. The van der Waals surface area contributed by atoms with Crippen LogP contribution in [0.25, 0.3) is 0 Å². The van der Waals surface area contributed by atoms with Gasteiger partial charge in [0.1, 0.15) is 17.0 Å². The number of hydrogen-bond donors (Lipinski definition) is 0. The van der Waals surface area contributed by atoms with Crippen LogP contribution in [0.15, 0.2) is 24.8 Å². The van der Waals surface area contributed by atoms with E-state index in [0.717, 1.165) is 0 Å². The Kier molecular flexibility index (Phi) is 2.41. The summed E-state index contributed by atoms with van der Waals surface area (Å²) >= 11 is 0. The number of allylic oxidation sites excluding steroid dienone is 3. The fraction of sp³-hybridized carbons (Fsp3) is 0.571. The Morgan fingerprint density at radius 2 is 1.88 bits per heavy atom. The molecule has 1 unspecified atom stereocenters. The van der Waals surface area contributed by atoms with Crippen LogP contribution in [0.5, 0.6) is 0 Å². The molecule has 0 bridgehead atoms. The summed E-state index contributed by atoms with van der Waals surface area (Å²) in [6, 6.07) is 0. The second-order valence-electron chi connectivity index (χ2n) is 5.73. The average molecular weight is 218 g/mol. The van der Waals surface area contributed by atoms with E-state index in [1.807, 2.05) is 26.0 Å². The molecule has 0 amide bonds. The summed E-state index contributed by atoms with van der Waals surface area (Å²) in [5.41, 5.74) is -0.967. The highest BCUT2D eigenvalue weighted by atomic mass is 16.2. The van der Waals surface area contributed by atoms with E-state index in [4.69, 9.17) is 0 Å². The fourth-order valence-corrected chi connectivity index (χ4v) is 2.98. The normalized spacial score (nSPS) is 31.0. The molecule has 0 N–H and O–H groups in total. The zero-order valence-electron chi connectivity index (χ0n) is 9.95. The van der Waals surface area contributed by atoms with E-state index in [1.54, 1.807) is 6.08 Å². The third-order valence-corrected chi connectivity index (χ3v) is 3.88. The summed E-state index contributed by atoms with van der Waals surface area (Å²) in [6.45, 7) is 7.72. The van der Waals surface area contributed by atoms with Gasteiger partial charge in [-0.15, -0.1) is 6.58 Å². The molecule has 2 heteroatoms. The minimum atomic E-state index is -0.794. The lowest BCUT2D eigenvalue weighted by Crippen LogP contribution is -2.49. The fourth-order valence-electron chi connectivity index (χ4n) is 2.98. The highest BCUT2D eigenvalue weighted by Crippen LogP contribution is 2.49. The highest BCUT2D eigenvalue weighted by Gasteiger charge is 2.55. The molecule has 2 aliphatic rings. The molecular weight excluding hydrogens is 200 g/mol. The van der Waals surface area contributed by atoms with Crippen LogP contribution >= 0.6 is 0 Å². The first-order valence-corrected chi connectivity index (χ1v) is 5.78. The van der Waals surface area contributed by atoms with Crippen LogP contribution in [-0.4, -0.2) is 11.6 Å². The van der Waals surface area contributed by atoms with Gasteiger partial charge in [-0.1, -0.05) is 32.1 Å². The summed E-state index contributed by atoms with van der Waals surface area (Å²) in [4.78, 5) is 24.6. The maximum Gasteiger partial charge on any atom is 0.148 e. The van der Waals surface area contributed by atoms with E-state index in [1.165, 1.54) is 0 Å². The summed E-state index contributed by atoms with van der Waals surface area (Å²) in [6.07, 6.45) is 7.20. The van der Waals surface area contributed by atoms with E-state index < -0.39 is 5.41 Å². The molecule has 2 aliphatic carbocycles. The molecule has 1 saturated carbocycles. The molecule has 0 aromatic rings. The van der Waals surface area contributed by atoms with Crippen LogP contribution in [0.2, 0.25) is 0 Å². The maximum atomic E-state index is 12.3. The zero-order valence-corrected chi connectivity index (χ0v) is 9.95. The van der Waals surface area contributed by atoms with Gasteiger partial charge in [-0.3, -0.25) is 9.59 Å². The quantitative estimate of drug-likeness (QED) is 0.501. The Hall–Kier alpha value is -1.18. The van der Waals surface area contributed by atoms with Crippen LogP contribution in [-0.2, 0) is 9.59 Å². The Balaban J connectivity index is 2.39. The predicted molar refractivity (Wildman–Crippen MR) is 62.9 cm³/mol. The number of hydrogen-bond acceptors (Lipinski definition) is 2. The minimum Gasteiger partial charge on any atom is -0.299 e. The van der Waals surface area contributed by atoms with Crippen molar-refractivity contribution in [2.24, 2.45) is 16.7 Å². The van der Waals surface area contributed by atoms with Crippen molar-refractivity contribution in [3.05, 3.63) is 24.8 Å². The minimum absolute atomic E-state index is 0.0939. The molecule has 2 rings (SSSR count). The second-order valence-corrected chi connectivity index (χ2v) is 5.73. The molecule has 1 spiro atoms.